The van der Waals surface area contributed by atoms with Gasteiger partial charge in [-0.05, 0) is 6.42 Å². The molecule has 13 heavy (non-hydrogen) atoms. The first-order chi connectivity index (χ1) is 5.67. The molecular weight excluding hydrogens is 214 g/mol. The molecule has 0 N–H and O–H groups in total. The van der Waals surface area contributed by atoms with Crippen molar-refractivity contribution < 1.29 is 26.3 Å². The standard InChI is InChI=1S/C6H10F6Si/c7-5(8,9)2-1-4(3-13)6(10,11)12/h4H,1-3H2,13H3. The fourth-order valence-electron chi connectivity index (χ4n) is 0.937. The summed E-state index contributed by atoms with van der Waals surface area (Å²) in [6, 6.07) is -0.167. The molecule has 1 atom stereocenters. The second kappa shape index (κ2) is 4.34. The number of hydrogen-bond acceptors (Lipinski definition) is 0. The van der Waals surface area contributed by atoms with E-state index < -0.39 is 31.1 Å². The molecule has 80 valence electrons. The zero-order chi connectivity index (χ0) is 10.7. The molecule has 0 heterocycles. The maximum Gasteiger partial charge on any atom is 0.391 e. The van der Waals surface area contributed by atoms with Crippen LogP contribution in [0.4, 0.5) is 26.3 Å². The highest BCUT2D eigenvalue weighted by Gasteiger charge is 2.40. The summed E-state index contributed by atoms with van der Waals surface area (Å²) in [7, 11) is 0.267. The first-order valence-corrected chi connectivity index (χ1v) is 5.21. The summed E-state index contributed by atoms with van der Waals surface area (Å²) < 4.78 is 70.6. The SMILES string of the molecule is FC(F)(F)CCC(C[SiH3])C(F)(F)F. The third-order valence-corrected chi connectivity index (χ3v) is 2.72. The smallest absolute Gasteiger partial charge is 0.171 e. The van der Waals surface area contributed by atoms with Crippen molar-refractivity contribution >= 4 is 10.2 Å². The molecule has 0 aromatic rings. The molecule has 0 rings (SSSR count). The molecule has 0 radical (unpaired) electrons. The van der Waals surface area contributed by atoms with Crippen LogP contribution in [0.2, 0.25) is 6.04 Å². The van der Waals surface area contributed by atoms with Crippen molar-refractivity contribution in [3.8, 4) is 0 Å². The lowest BCUT2D eigenvalue weighted by atomic mass is 10.1. The normalized spacial score (nSPS) is 16.2. The maximum atomic E-state index is 12.0. The molecule has 0 saturated carbocycles. The first kappa shape index (κ1) is 12.8. The van der Waals surface area contributed by atoms with Crippen LogP contribution in [0.5, 0.6) is 0 Å². The Morgan fingerprint density at radius 2 is 1.46 bits per heavy atom. The molecule has 0 spiro atoms. The van der Waals surface area contributed by atoms with Crippen molar-refractivity contribution in [3.05, 3.63) is 0 Å². The highest BCUT2D eigenvalue weighted by Crippen LogP contribution is 2.35. The molecule has 0 nitrogen and oxygen atoms in total. The zero-order valence-corrected chi connectivity index (χ0v) is 8.97. The van der Waals surface area contributed by atoms with E-state index in [1.807, 2.05) is 0 Å². The lowest BCUT2D eigenvalue weighted by Gasteiger charge is -2.18. The van der Waals surface area contributed by atoms with Gasteiger partial charge in [-0.1, -0.05) is 6.04 Å². The van der Waals surface area contributed by atoms with E-state index in [-0.39, 0.29) is 16.3 Å². The lowest BCUT2D eigenvalue weighted by molar-refractivity contribution is -0.184. The van der Waals surface area contributed by atoms with Crippen LogP contribution in [0, 0.1) is 5.92 Å². The zero-order valence-electron chi connectivity index (χ0n) is 6.97. The third kappa shape index (κ3) is 5.95. The minimum atomic E-state index is -4.49. The quantitative estimate of drug-likeness (QED) is 0.509. The first-order valence-electron chi connectivity index (χ1n) is 3.80. The van der Waals surface area contributed by atoms with Gasteiger partial charge >= 0.3 is 12.4 Å². The van der Waals surface area contributed by atoms with Gasteiger partial charge in [0.05, 0.1) is 5.92 Å². The van der Waals surface area contributed by atoms with Gasteiger partial charge in [0.15, 0.2) is 0 Å². The Labute approximate surface area is 74.7 Å². The van der Waals surface area contributed by atoms with Crippen LogP contribution in [0.3, 0.4) is 0 Å². The Morgan fingerprint density at radius 1 is 1.00 bits per heavy atom. The summed E-state index contributed by atoms with van der Waals surface area (Å²) in [6.07, 6.45) is -11.1. The molecule has 1 unspecified atom stereocenters. The van der Waals surface area contributed by atoms with Crippen LogP contribution in [-0.2, 0) is 0 Å². The van der Waals surface area contributed by atoms with E-state index in [1.165, 1.54) is 0 Å². The van der Waals surface area contributed by atoms with Crippen LogP contribution in [0.1, 0.15) is 12.8 Å². The van der Waals surface area contributed by atoms with E-state index in [4.69, 9.17) is 0 Å². The van der Waals surface area contributed by atoms with E-state index >= 15 is 0 Å². The average Bonchev–Trinajstić information content (AvgIpc) is 1.82. The molecule has 0 aromatic heterocycles. The van der Waals surface area contributed by atoms with Gasteiger partial charge in [0.2, 0.25) is 0 Å². The summed E-state index contributed by atoms with van der Waals surface area (Å²) >= 11 is 0. The van der Waals surface area contributed by atoms with Crippen molar-refractivity contribution in [3.63, 3.8) is 0 Å². The molecule has 0 aliphatic heterocycles. The van der Waals surface area contributed by atoms with Crippen LogP contribution in [0.15, 0.2) is 0 Å². The molecule has 0 aromatic carbocycles. The highest BCUT2D eigenvalue weighted by atomic mass is 28.1. The molecule has 0 aliphatic carbocycles. The van der Waals surface area contributed by atoms with Crippen LogP contribution >= 0.6 is 0 Å². The van der Waals surface area contributed by atoms with Gasteiger partial charge in [-0.2, -0.15) is 26.3 Å². The predicted octanol–water partition coefficient (Wildman–Crippen LogP) is 2.29. The molecular formula is C6H10F6Si. The van der Waals surface area contributed by atoms with E-state index in [2.05, 4.69) is 0 Å². The van der Waals surface area contributed by atoms with Gasteiger partial charge in [-0.25, -0.2) is 0 Å². The minimum absolute atomic E-state index is 0.167. The van der Waals surface area contributed by atoms with Crippen LogP contribution in [-0.4, -0.2) is 22.6 Å². The monoisotopic (exact) mass is 224 g/mol. The maximum absolute atomic E-state index is 12.0. The number of alkyl halides is 6. The van der Waals surface area contributed by atoms with Gasteiger partial charge in [-0.15, -0.1) is 0 Å². The van der Waals surface area contributed by atoms with Crippen molar-refractivity contribution in [1.29, 1.82) is 0 Å². The molecule has 0 amide bonds. The van der Waals surface area contributed by atoms with E-state index in [9.17, 15) is 26.3 Å². The van der Waals surface area contributed by atoms with E-state index in [0.29, 0.717) is 0 Å². The van der Waals surface area contributed by atoms with Crippen molar-refractivity contribution in [2.75, 3.05) is 0 Å². The average molecular weight is 224 g/mol. The van der Waals surface area contributed by atoms with Crippen molar-refractivity contribution in [1.82, 2.24) is 0 Å². The van der Waals surface area contributed by atoms with Gasteiger partial charge in [0, 0.05) is 16.7 Å². The summed E-state index contributed by atoms with van der Waals surface area (Å²) in [5.41, 5.74) is 0. The van der Waals surface area contributed by atoms with Crippen LogP contribution in [0.25, 0.3) is 0 Å². The summed E-state index contributed by atoms with van der Waals surface area (Å²) in [6.45, 7) is 0. The van der Waals surface area contributed by atoms with Gasteiger partial charge < -0.3 is 0 Å². The summed E-state index contributed by atoms with van der Waals surface area (Å²) in [4.78, 5) is 0. The molecule has 7 heteroatoms. The molecule has 0 fully saturated rings. The van der Waals surface area contributed by atoms with Gasteiger partial charge in [-0.3, -0.25) is 0 Å². The van der Waals surface area contributed by atoms with Crippen molar-refractivity contribution in [2.45, 2.75) is 31.2 Å². The lowest BCUT2D eigenvalue weighted by Crippen LogP contribution is -2.24. The second-order valence-corrected chi connectivity index (χ2v) is 3.62. The summed E-state index contributed by atoms with van der Waals surface area (Å²) in [5.74, 6) is -1.78. The topological polar surface area (TPSA) is 0 Å². The Morgan fingerprint density at radius 3 is 1.69 bits per heavy atom. The molecule has 0 saturated heterocycles. The fraction of sp³-hybridized carbons (Fsp3) is 1.00. The number of rotatable bonds is 3. The minimum Gasteiger partial charge on any atom is -0.171 e. The van der Waals surface area contributed by atoms with E-state index in [0.717, 1.165) is 0 Å². The fourth-order valence-corrected chi connectivity index (χ4v) is 1.81. The van der Waals surface area contributed by atoms with Gasteiger partial charge in [0.1, 0.15) is 0 Å². The largest absolute Gasteiger partial charge is 0.391 e. The predicted molar refractivity (Wildman–Crippen MR) is 39.6 cm³/mol. The Hall–Kier alpha value is -0.203. The Kier molecular flexibility index (Phi) is 4.27. The second-order valence-electron chi connectivity index (χ2n) is 2.80. The van der Waals surface area contributed by atoms with Crippen LogP contribution < -0.4 is 0 Å². The number of hydrogen-bond donors (Lipinski definition) is 0. The molecule has 0 bridgehead atoms. The number of halogens is 6. The Bertz CT molecular complexity index is 148. The highest BCUT2D eigenvalue weighted by molar-refractivity contribution is 6.08. The van der Waals surface area contributed by atoms with Crippen molar-refractivity contribution in [2.24, 2.45) is 5.92 Å². The van der Waals surface area contributed by atoms with E-state index in [1.54, 1.807) is 0 Å². The third-order valence-electron chi connectivity index (χ3n) is 1.73. The Balaban J connectivity index is 4.02. The van der Waals surface area contributed by atoms with Gasteiger partial charge in [0.25, 0.3) is 0 Å². The summed E-state index contributed by atoms with van der Waals surface area (Å²) in [5, 5.41) is 0. The molecule has 0 aliphatic rings.